The fraction of sp³-hybridized carbons (Fsp3) is 0.357. The van der Waals surface area contributed by atoms with Crippen LogP contribution in [0, 0.1) is 0 Å². The molecule has 26 heavy (non-hydrogen) atoms. The van der Waals surface area contributed by atoms with Crippen LogP contribution in [-0.4, -0.2) is 25.4 Å². The van der Waals surface area contributed by atoms with Gasteiger partial charge >= 0.3 is 24.2 Å². The molecule has 0 aliphatic rings. The van der Waals surface area contributed by atoms with Crippen molar-refractivity contribution >= 4 is 16.7 Å². The van der Waals surface area contributed by atoms with Gasteiger partial charge in [-0.25, -0.2) is 4.79 Å². The van der Waals surface area contributed by atoms with Gasteiger partial charge in [0.1, 0.15) is 18.7 Å². The molecular formula is C14H8F9NO2. The maximum Gasteiger partial charge on any atom is 0.417 e. The summed E-state index contributed by atoms with van der Waals surface area (Å²) in [4.78, 5) is 11.1. The zero-order valence-corrected chi connectivity index (χ0v) is 12.4. The zero-order valence-electron chi connectivity index (χ0n) is 12.4. The van der Waals surface area contributed by atoms with Gasteiger partial charge in [-0.05, 0) is 12.1 Å². The molecule has 144 valence electrons. The molecule has 12 heteroatoms. The lowest BCUT2D eigenvalue weighted by Crippen LogP contribution is -2.40. The van der Waals surface area contributed by atoms with Gasteiger partial charge in [0.25, 0.3) is 0 Å². The number of fused-ring (bicyclic) bond motifs is 1. The number of alkyl halides is 9. The summed E-state index contributed by atoms with van der Waals surface area (Å²) in [7, 11) is 0. The van der Waals surface area contributed by atoms with E-state index in [0.717, 1.165) is 0 Å². The van der Waals surface area contributed by atoms with E-state index in [4.69, 9.17) is 0 Å². The lowest BCUT2D eigenvalue weighted by Gasteiger charge is -2.27. The highest BCUT2D eigenvalue weighted by molar-refractivity contribution is 5.84. The summed E-state index contributed by atoms with van der Waals surface area (Å²) in [5.74, 6) is 0. The SMILES string of the molecule is O=c1cc(C(F)(F)F)c2ccc(N(CC(F)(F)F)CC(F)(F)F)cc2o1. The monoisotopic (exact) mass is 393 g/mol. The topological polar surface area (TPSA) is 33.5 Å². The highest BCUT2D eigenvalue weighted by Crippen LogP contribution is 2.36. The third-order valence-electron chi connectivity index (χ3n) is 3.14. The van der Waals surface area contributed by atoms with Gasteiger partial charge in [0, 0.05) is 23.2 Å². The molecule has 2 rings (SSSR count). The standard InChI is InChI=1S/C14H8F9NO2/c15-12(16,17)5-24(6-13(18,19)20)7-1-2-8-9(14(21,22)23)4-11(25)26-10(8)3-7/h1-4H,5-6H2. The summed E-state index contributed by atoms with van der Waals surface area (Å²) in [5, 5.41) is -0.667. The van der Waals surface area contributed by atoms with E-state index in [1.165, 1.54) is 0 Å². The van der Waals surface area contributed by atoms with Crippen molar-refractivity contribution < 1.29 is 43.9 Å². The van der Waals surface area contributed by atoms with Crippen molar-refractivity contribution in [1.29, 1.82) is 0 Å². The van der Waals surface area contributed by atoms with Crippen LogP contribution in [0.5, 0.6) is 0 Å². The second kappa shape index (κ2) is 6.40. The number of hydrogen-bond donors (Lipinski definition) is 0. The van der Waals surface area contributed by atoms with Gasteiger partial charge in [-0.2, -0.15) is 39.5 Å². The van der Waals surface area contributed by atoms with Gasteiger partial charge < -0.3 is 9.32 Å². The van der Waals surface area contributed by atoms with Crippen molar-refractivity contribution in [3.8, 4) is 0 Å². The number of nitrogens with zero attached hydrogens (tertiary/aromatic N) is 1. The second-order valence-electron chi connectivity index (χ2n) is 5.24. The van der Waals surface area contributed by atoms with E-state index in [-0.39, 0.29) is 11.0 Å². The van der Waals surface area contributed by atoms with E-state index >= 15 is 0 Å². The lowest BCUT2D eigenvalue weighted by molar-refractivity contribution is -0.137. The molecule has 0 amide bonds. The Morgan fingerprint density at radius 1 is 0.846 bits per heavy atom. The summed E-state index contributed by atoms with van der Waals surface area (Å²) in [6.07, 6.45) is -15.0. The molecule has 0 bridgehead atoms. The molecular weight excluding hydrogens is 385 g/mol. The van der Waals surface area contributed by atoms with Gasteiger partial charge in [-0.1, -0.05) is 0 Å². The van der Waals surface area contributed by atoms with E-state index in [0.29, 0.717) is 18.2 Å². The van der Waals surface area contributed by atoms with Crippen molar-refractivity contribution in [1.82, 2.24) is 0 Å². The minimum atomic E-state index is -5.01. The van der Waals surface area contributed by atoms with E-state index in [1.54, 1.807) is 0 Å². The number of halogens is 9. The molecule has 1 aromatic carbocycles. The molecule has 0 saturated heterocycles. The van der Waals surface area contributed by atoms with Crippen molar-refractivity contribution in [2.24, 2.45) is 0 Å². The number of anilines is 1. The predicted molar refractivity (Wildman–Crippen MR) is 71.8 cm³/mol. The fourth-order valence-electron chi connectivity index (χ4n) is 2.25. The zero-order chi connectivity index (χ0) is 19.9. The third kappa shape index (κ3) is 5.05. The van der Waals surface area contributed by atoms with Crippen LogP contribution in [0.1, 0.15) is 5.56 Å². The van der Waals surface area contributed by atoms with Crippen LogP contribution in [0.25, 0.3) is 11.0 Å². The van der Waals surface area contributed by atoms with Crippen LogP contribution in [0.15, 0.2) is 33.5 Å². The third-order valence-corrected chi connectivity index (χ3v) is 3.14. The highest BCUT2D eigenvalue weighted by Gasteiger charge is 2.38. The summed E-state index contributed by atoms with van der Waals surface area (Å²) >= 11 is 0. The summed E-state index contributed by atoms with van der Waals surface area (Å²) in [6, 6.07) is 1.99. The first-order valence-corrected chi connectivity index (χ1v) is 6.69. The lowest BCUT2D eigenvalue weighted by atomic mass is 10.1. The quantitative estimate of drug-likeness (QED) is 0.558. The van der Waals surface area contributed by atoms with Crippen LogP contribution in [0.4, 0.5) is 45.2 Å². The van der Waals surface area contributed by atoms with Gasteiger partial charge in [-0.3, -0.25) is 0 Å². The molecule has 1 aromatic heterocycles. The van der Waals surface area contributed by atoms with Gasteiger partial charge in [0.2, 0.25) is 0 Å². The Hall–Kier alpha value is -2.40. The molecule has 0 aliphatic carbocycles. The average molecular weight is 393 g/mol. The van der Waals surface area contributed by atoms with Gasteiger partial charge in [0.15, 0.2) is 0 Å². The van der Waals surface area contributed by atoms with E-state index < -0.39 is 59.5 Å². The van der Waals surface area contributed by atoms with Crippen molar-refractivity contribution in [3.63, 3.8) is 0 Å². The van der Waals surface area contributed by atoms with Crippen molar-refractivity contribution in [2.45, 2.75) is 18.5 Å². The van der Waals surface area contributed by atoms with Crippen molar-refractivity contribution in [3.05, 3.63) is 40.2 Å². The maximum atomic E-state index is 12.9. The molecule has 0 spiro atoms. The molecule has 0 saturated carbocycles. The fourth-order valence-corrected chi connectivity index (χ4v) is 2.25. The van der Waals surface area contributed by atoms with Gasteiger partial charge in [0.05, 0.1) is 5.56 Å². The first-order chi connectivity index (χ1) is 11.7. The average Bonchev–Trinajstić information content (AvgIpc) is 2.40. The Labute approximate surface area is 138 Å². The van der Waals surface area contributed by atoms with Crippen LogP contribution in [-0.2, 0) is 6.18 Å². The number of hydrogen-bond acceptors (Lipinski definition) is 3. The van der Waals surface area contributed by atoms with E-state index in [9.17, 15) is 44.3 Å². The van der Waals surface area contributed by atoms with Crippen LogP contribution in [0.2, 0.25) is 0 Å². The minimum absolute atomic E-state index is 0.125. The Bertz CT molecular complexity index is 833. The van der Waals surface area contributed by atoms with Crippen molar-refractivity contribution in [2.75, 3.05) is 18.0 Å². The Kier molecular flexibility index (Phi) is 4.90. The first kappa shape index (κ1) is 19.9. The summed E-state index contributed by atoms with van der Waals surface area (Å²) < 4.78 is 118. The number of rotatable bonds is 3. The smallest absolute Gasteiger partial charge is 0.417 e. The van der Waals surface area contributed by atoms with Crippen LogP contribution < -0.4 is 10.5 Å². The normalized spacial score (nSPS) is 13.3. The van der Waals surface area contributed by atoms with Crippen LogP contribution >= 0.6 is 0 Å². The molecule has 0 aliphatic heterocycles. The molecule has 2 aromatic rings. The molecule has 1 heterocycles. The van der Waals surface area contributed by atoms with E-state index in [1.807, 2.05) is 0 Å². The Morgan fingerprint density at radius 2 is 1.38 bits per heavy atom. The van der Waals surface area contributed by atoms with Gasteiger partial charge in [-0.15, -0.1) is 0 Å². The largest absolute Gasteiger partial charge is 0.423 e. The molecule has 0 radical (unpaired) electrons. The van der Waals surface area contributed by atoms with Crippen LogP contribution in [0.3, 0.4) is 0 Å². The summed E-state index contributed by atoms with van der Waals surface area (Å²) in [5.41, 5.74) is -4.33. The second-order valence-corrected chi connectivity index (χ2v) is 5.24. The molecule has 0 atom stereocenters. The molecule has 0 N–H and O–H groups in total. The molecule has 0 unspecified atom stereocenters. The Morgan fingerprint density at radius 3 is 1.85 bits per heavy atom. The Balaban J connectivity index is 2.59. The summed E-state index contributed by atoms with van der Waals surface area (Å²) in [6.45, 7) is -4.00. The maximum absolute atomic E-state index is 12.9. The minimum Gasteiger partial charge on any atom is -0.423 e. The highest BCUT2D eigenvalue weighted by atomic mass is 19.4. The first-order valence-electron chi connectivity index (χ1n) is 6.69. The molecule has 3 nitrogen and oxygen atoms in total. The van der Waals surface area contributed by atoms with E-state index in [2.05, 4.69) is 4.42 Å². The molecule has 0 fully saturated rings. The number of benzene rings is 1. The predicted octanol–water partition coefficient (Wildman–Crippen LogP) is 4.74.